The first kappa shape index (κ1) is 15.4. The van der Waals surface area contributed by atoms with Crippen molar-refractivity contribution in [1.82, 2.24) is 4.90 Å². The van der Waals surface area contributed by atoms with Gasteiger partial charge in [-0.15, -0.1) is 11.8 Å². The Balaban J connectivity index is 1.77. The average Bonchev–Trinajstić information content (AvgIpc) is 2.98. The maximum atomic E-state index is 12.1. The van der Waals surface area contributed by atoms with Gasteiger partial charge in [0.25, 0.3) is 0 Å². The van der Waals surface area contributed by atoms with E-state index in [1.54, 1.807) is 11.8 Å². The van der Waals surface area contributed by atoms with Crippen molar-refractivity contribution in [2.45, 2.75) is 50.0 Å². The van der Waals surface area contributed by atoms with Crippen LogP contribution in [0.15, 0.2) is 29.2 Å². The van der Waals surface area contributed by atoms with Gasteiger partial charge in [-0.3, -0.25) is 4.79 Å². The summed E-state index contributed by atoms with van der Waals surface area (Å²) in [6, 6.07) is 8.48. The van der Waals surface area contributed by atoms with Crippen LogP contribution in [0.2, 0.25) is 0 Å². The molecular formula is C17H25NOS. The molecular weight excluding hydrogens is 266 g/mol. The molecule has 1 aromatic carbocycles. The highest BCUT2D eigenvalue weighted by Gasteiger charge is 2.17. The number of carbonyl (C=O) groups excluding carboxylic acids is 1. The molecule has 1 saturated carbocycles. The fourth-order valence-electron chi connectivity index (χ4n) is 2.91. The highest BCUT2D eigenvalue weighted by atomic mass is 32.2. The molecule has 0 aromatic heterocycles. The average molecular weight is 291 g/mol. The molecule has 0 atom stereocenters. The van der Waals surface area contributed by atoms with Gasteiger partial charge in [-0.2, -0.15) is 0 Å². The van der Waals surface area contributed by atoms with Gasteiger partial charge < -0.3 is 4.90 Å². The quantitative estimate of drug-likeness (QED) is 0.727. The third-order valence-electron chi connectivity index (χ3n) is 4.25. The number of benzene rings is 1. The van der Waals surface area contributed by atoms with E-state index in [2.05, 4.69) is 30.5 Å². The monoisotopic (exact) mass is 291 g/mol. The predicted octanol–water partition coefficient (Wildman–Crippen LogP) is 4.34. The van der Waals surface area contributed by atoms with Crippen molar-refractivity contribution in [3.05, 3.63) is 29.8 Å². The van der Waals surface area contributed by atoms with Crippen LogP contribution in [0.3, 0.4) is 0 Å². The standard InChI is InChI=1S/C17H25NOS/c1-18(13-15-7-10-16(20-2)11-8-15)17(19)12-9-14-5-3-4-6-14/h7-8,10-11,14H,3-6,9,12-13H2,1-2H3. The minimum atomic E-state index is 0.283. The molecule has 1 aliphatic carbocycles. The topological polar surface area (TPSA) is 20.3 Å². The largest absolute Gasteiger partial charge is 0.341 e. The van der Waals surface area contributed by atoms with E-state index < -0.39 is 0 Å². The lowest BCUT2D eigenvalue weighted by Gasteiger charge is -2.18. The van der Waals surface area contributed by atoms with Gasteiger partial charge in [0, 0.05) is 24.9 Å². The van der Waals surface area contributed by atoms with Crippen LogP contribution < -0.4 is 0 Å². The Labute approximate surface area is 126 Å². The summed E-state index contributed by atoms with van der Waals surface area (Å²) < 4.78 is 0. The van der Waals surface area contributed by atoms with Crippen LogP contribution in [0.4, 0.5) is 0 Å². The summed E-state index contributed by atoms with van der Waals surface area (Å²) >= 11 is 1.74. The van der Waals surface area contributed by atoms with E-state index in [-0.39, 0.29) is 5.91 Å². The van der Waals surface area contributed by atoms with Gasteiger partial charge in [0.2, 0.25) is 5.91 Å². The van der Waals surface area contributed by atoms with Gasteiger partial charge >= 0.3 is 0 Å². The molecule has 110 valence electrons. The van der Waals surface area contributed by atoms with Crippen molar-refractivity contribution in [3.8, 4) is 0 Å². The minimum absolute atomic E-state index is 0.283. The molecule has 0 N–H and O–H groups in total. The van der Waals surface area contributed by atoms with E-state index in [4.69, 9.17) is 0 Å². The van der Waals surface area contributed by atoms with Crippen molar-refractivity contribution in [2.24, 2.45) is 5.92 Å². The maximum absolute atomic E-state index is 12.1. The molecule has 0 saturated heterocycles. The molecule has 2 rings (SSSR count). The Bertz CT molecular complexity index is 423. The fraction of sp³-hybridized carbons (Fsp3) is 0.588. The lowest BCUT2D eigenvalue weighted by molar-refractivity contribution is -0.130. The van der Waals surface area contributed by atoms with E-state index in [0.717, 1.165) is 18.9 Å². The van der Waals surface area contributed by atoms with Crippen LogP contribution in [0.1, 0.15) is 44.1 Å². The van der Waals surface area contributed by atoms with E-state index in [0.29, 0.717) is 6.42 Å². The summed E-state index contributed by atoms with van der Waals surface area (Å²) in [6.07, 6.45) is 9.24. The van der Waals surface area contributed by atoms with Crippen LogP contribution in [-0.2, 0) is 11.3 Å². The van der Waals surface area contributed by atoms with Gasteiger partial charge in [0.1, 0.15) is 0 Å². The van der Waals surface area contributed by atoms with Crippen LogP contribution in [-0.4, -0.2) is 24.1 Å². The molecule has 0 radical (unpaired) electrons. The summed E-state index contributed by atoms with van der Waals surface area (Å²) in [5.41, 5.74) is 1.21. The molecule has 1 fully saturated rings. The zero-order chi connectivity index (χ0) is 14.4. The third-order valence-corrected chi connectivity index (χ3v) is 4.99. The zero-order valence-electron chi connectivity index (χ0n) is 12.6. The normalized spacial score (nSPS) is 15.5. The number of hydrogen-bond donors (Lipinski definition) is 0. The fourth-order valence-corrected chi connectivity index (χ4v) is 3.32. The Kier molecular flexibility index (Phi) is 5.96. The lowest BCUT2D eigenvalue weighted by atomic mass is 10.0. The Hall–Kier alpha value is -0.960. The summed E-state index contributed by atoms with van der Waals surface area (Å²) in [5.74, 6) is 1.08. The molecule has 1 aromatic rings. The van der Waals surface area contributed by atoms with E-state index in [1.807, 2.05) is 11.9 Å². The van der Waals surface area contributed by atoms with Gasteiger partial charge in [0.05, 0.1) is 0 Å². The molecule has 0 bridgehead atoms. The highest BCUT2D eigenvalue weighted by Crippen LogP contribution is 2.28. The van der Waals surface area contributed by atoms with Gasteiger partial charge in [0.15, 0.2) is 0 Å². The Morgan fingerprint density at radius 1 is 1.25 bits per heavy atom. The van der Waals surface area contributed by atoms with Gasteiger partial charge in [-0.05, 0) is 36.3 Å². The molecule has 2 nitrogen and oxygen atoms in total. The maximum Gasteiger partial charge on any atom is 0.222 e. The van der Waals surface area contributed by atoms with Crippen LogP contribution in [0.25, 0.3) is 0 Å². The molecule has 20 heavy (non-hydrogen) atoms. The van der Waals surface area contributed by atoms with E-state index in [9.17, 15) is 4.79 Å². The predicted molar refractivity (Wildman–Crippen MR) is 85.9 cm³/mol. The number of thioether (sulfide) groups is 1. The Morgan fingerprint density at radius 3 is 2.50 bits per heavy atom. The number of amides is 1. The van der Waals surface area contributed by atoms with Crippen LogP contribution >= 0.6 is 11.8 Å². The summed E-state index contributed by atoms with van der Waals surface area (Å²) in [5, 5.41) is 0. The summed E-state index contributed by atoms with van der Waals surface area (Å²) in [6.45, 7) is 0.720. The Morgan fingerprint density at radius 2 is 1.90 bits per heavy atom. The third kappa shape index (κ3) is 4.55. The molecule has 3 heteroatoms. The van der Waals surface area contributed by atoms with Gasteiger partial charge in [-0.25, -0.2) is 0 Å². The van der Waals surface area contributed by atoms with Crippen molar-refractivity contribution in [3.63, 3.8) is 0 Å². The second kappa shape index (κ2) is 7.72. The number of carbonyl (C=O) groups is 1. The molecule has 0 spiro atoms. The van der Waals surface area contributed by atoms with Crippen molar-refractivity contribution >= 4 is 17.7 Å². The van der Waals surface area contributed by atoms with Crippen LogP contribution in [0, 0.1) is 5.92 Å². The first-order valence-electron chi connectivity index (χ1n) is 7.56. The molecule has 1 aliphatic rings. The summed E-state index contributed by atoms with van der Waals surface area (Å²) in [4.78, 5) is 15.3. The highest BCUT2D eigenvalue weighted by molar-refractivity contribution is 7.98. The molecule has 0 unspecified atom stereocenters. The van der Waals surface area contributed by atoms with Crippen molar-refractivity contribution in [1.29, 1.82) is 0 Å². The number of rotatable bonds is 6. The summed E-state index contributed by atoms with van der Waals surface area (Å²) in [7, 11) is 1.92. The number of hydrogen-bond acceptors (Lipinski definition) is 2. The minimum Gasteiger partial charge on any atom is -0.341 e. The second-order valence-electron chi connectivity index (χ2n) is 5.79. The first-order chi connectivity index (χ1) is 9.69. The molecule has 0 heterocycles. The van der Waals surface area contributed by atoms with E-state index in [1.165, 1.54) is 36.1 Å². The lowest BCUT2D eigenvalue weighted by Crippen LogP contribution is -2.26. The van der Waals surface area contributed by atoms with Crippen molar-refractivity contribution < 1.29 is 4.79 Å². The molecule has 0 aliphatic heterocycles. The second-order valence-corrected chi connectivity index (χ2v) is 6.67. The van der Waals surface area contributed by atoms with Crippen molar-refractivity contribution in [2.75, 3.05) is 13.3 Å². The smallest absolute Gasteiger partial charge is 0.222 e. The van der Waals surface area contributed by atoms with Gasteiger partial charge in [-0.1, -0.05) is 37.8 Å². The van der Waals surface area contributed by atoms with E-state index >= 15 is 0 Å². The van der Waals surface area contributed by atoms with Crippen LogP contribution in [0.5, 0.6) is 0 Å². The number of nitrogens with zero attached hydrogens (tertiary/aromatic N) is 1. The SMILES string of the molecule is CSc1ccc(CN(C)C(=O)CCC2CCCC2)cc1. The zero-order valence-corrected chi connectivity index (χ0v) is 13.4. The molecule has 1 amide bonds. The first-order valence-corrected chi connectivity index (χ1v) is 8.78.